The molecule has 3 aromatic heterocycles. The Labute approximate surface area is 209 Å². The number of alkyl halides is 3. The maximum absolute atomic E-state index is 14.9. The zero-order chi connectivity index (χ0) is 26.1. The summed E-state index contributed by atoms with van der Waals surface area (Å²) in [6.07, 6.45) is -1.38. The van der Waals surface area contributed by atoms with E-state index in [0.29, 0.717) is 42.7 Å². The normalized spacial score (nSPS) is 22.6. The molecule has 0 aliphatic carbocycles. The second-order valence-electron chi connectivity index (χ2n) is 9.22. The number of fused-ring (bicyclic) bond motifs is 1. The number of amides is 1. The number of imidazole rings is 1. The quantitative estimate of drug-likeness (QED) is 0.387. The third-order valence-electron chi connectivity index (χ3n) is 5.93. The SMILES string of the molecule is CC(C)NC(=O)O[C@@H]1CO[C@H](c2cc(Nc3nccc4nc(CN5CC(OC(F)F)C5)cn34)n[nH]2)[C@H]1F. The van der Waals surface area contributed by atoms with Gasteiger partial charge in [-0.3, -0.25) is 14.4 Å². The molecule has 5 heterocycles. The summed E-state index contributed by atoms with van der Waals surface area (Å²) in [7, 11) is 0. The van der Waals surface area contributed by atoms with Crippen molar-refractivity contribution in [3.63, 3.8) is 0 Å². The van der Waals surface area contributed by atoms with E-state index in [2.05, 4.69) is 35.5 Å². The second kappa shape index (κ2) is 10.5. The number of carbonyl (C=O) groups is 1. The number of H-pyrrole nitrogens is 1. The van der Waals surface area contributed by atoms with Crippen molar-refractivity contribution in [1.29, 1.82) is 0 Å². The van der Waals surface area contributed by atoms with Crippen molar-refractivity contribution in [1.82, 2.24) is 34.8 Å². The summed E-state index contributed by atoms with van der Waals surface area (Å²) < 4.78 is 56.4. The van der Waals surface area contributed by atoms with Gasteiger partial charge in [-0.2, -0.15) is 13.9 Å². The van der Waals surface area contributed by atoms with E-state index in [-0.39, 0.29) is 12.6 Å². The Morgan fingerprint density at radius 3 is 2.92 bits per heavy atom. The second-order valence-corrected chi connectivity index (χ2v) is 9.22. The van der Waals surface area contributed by atoms with Crippen LogP contribution in [0.4, 0.5) is 29.7 Å². The Morgan fingerprint density at radius 2 is 2.16 bits per heavy atom. The lowest BCUT2D eigenvalue weighted by atomic mass is 10.1. The number of anilines is 2. The molecule has 0 saturated carbocycles. The number of nitrogens with zero attached hydrogens (tertiary/aromatic N) is 5. The Balaban J connectivity index is 1.21. The van der Waals surface area contributed by atoms with Crippen molar-refractivity contribution in [2.75, 3.05) is 25.0 Å². The first kappa shape index (κ1) is 25.2. The van der Waals surface area contributed by atoms with E-state index in [9.17, 15) is 18.0 Å². The van der Waals surface area contributed by atoms with E-state index in [4.69, 9.17) is 9.47 Å². The smallest absolute Gasteiger partial charge is 0.407 e. The molecule has 12 nitrogen and oxygen atoms in total. The Bertz CT molecular complexity index is 1230. The highest BCUT2D eigenvalue weighted by Crippen LogP contribution is 2.33. The topological polar surface area (TPSA) is 131 Å². The lowest BCUT2D eigenvalue weighted by molar-refractivity contribution is -0.197. The monoisotopic (exact) mass is 524 g/mol. The van der Waals surface area contributed by atoms with Crippen molar-refractivity contribution in [2.24, 2.45) is 0 Å². The molecule has 15 heteroatoms. The number of rotatable bonds is 9. The van der Waals surface area contributed by atoms with Gasteiger partial charge in [0, 0.05) is 44.1 Å². The first-order valence-electron chi connectivity index (χ1n) is 11.8. The highest BCUT2D eigenvalue weighted by atomic mass is 19.3. The van der Waals surface area contributed by atoms with Crippen LogP contribution in [0.3, 0.4) is 0 Å². The lowest BCUT2D eigenvalue weighted by Crippen LogP contribution is -2.52. The molecule has 37 heavy (non-hydrogen) atoms. The van der Waals surface area contributed by atoms with Gasteiger partial charge in [0.1, 0.15) is 11.8 Å². The van der Waals surface area contributed by atoms with Crippen molar-refractivity contribution < 1.29 is 32.2 Å². The molecule has 3 atom stereocenters. The zero-order valence-corrected chi connectivity index (χ0v) is 20.1. The van der Waals surface area contributed by atoms with E-state index in [1.165, 1.54) is 0 Å². The lowest BCUT2D eigenvalue weighted by Gasteiger charge is -2.37. The molecule has 0 bridgehead atoms. The first-order chi connectivity index (χ1) is 17.7. The number of hydrogen-bond donors (Lipinski definition) is 3. The van der Waals surface area contributed by atoms with E-state index in [1.54, 1.807) is 42.8 Å². The molecule has 0 unspecified atom stereocenters. The zero-order valence-electron chi connectivity index (χ0n) is 20.1. The molecule has 2 saturated heterocycles. The molecule has 2 fully saturated rings. The standard InChI is InChI=1S/C22H27F3N8O4/c1-11(2)27-22(34)37-15-10-35-19(18(15)23)14-5-16(31-30-14)29-21-26-4-3-17-28-12(7-33(17)21)6-32-8-13(9-32)36-20(24)25/h3-5,7,11,13,15,18-20H,6,8-10H2,1-2H3,(H,27,34)(H2,26,29,30,31)/t15-,18+,19-/m1/s1. The number of alkyl carbamates (subject to hydrolysis) is 1. The molecule has 200 valence electrons. The Morgan fingerprint density at radius 1 is 1.35 bits per heavy atom. The van der Waals surface area contributed by atoms with Gasteiger partial charge in [-0.15, -0.1) is 0 Å². The summed E-state index contributed by atoms with van der Waals surface area (Å²) in [6, 6.07) is 3.19. The molecule has 0 aromatic carbocycles. The van der Waals surface area contributed by atoms with E-state index in [0.717, 1.165) is 5.69 Å². The van der Waals surface area contributed by atoms with E-state index < -0.39 is 37.2 Å². The molecule has 0 radical (unpaired) electrons. The maximum atomic E-state index is 14.9. The number of aromatic amines is 1. The predicted octanol–water partition coefficient (Wildman–Crippen LogP) is 2.53. The number of aromatic nitrogens is 5. The van der Waals surface area contributed by atoms with Gasteiger partial charge in [-0.25, -0.2) is 19.2 Å². The fourth-order valence-electron chi connectivity index (χ4n) is 4.26. The minimum absolute atomic E-state index is 0.0795. The molecule has 2 aliphatic heterocycles. The van der Waals surface area contributed by atoms with Gasteiger partial charge < -0.3 is 24.8 Å². The molecular formula is C22H27F3N8O4. The fourth-order valence-corrected chi connectivity index (χ4v) is 4.26. The Hall–Kier alpha value is -3.43. The summed E-state index contributed by atoms with van der Waals surface area (Å²) in [4.78, 5) is 22.7. The number of carbonyl (C=O) groups excluding carboxylic acids is 1. The van der Waals surface area contributed by atoms with Gasteiger partial charge in [0.05, 0.1) is 24.1 Å². The van der Waals surface area contributed by atoms with E-state index >= 15 is 0 Å². The van der Waals surface area contributed by atoms with Crippen molar-refractivity contribution in [3.05, 3.63) is 35.9 Å². The van der Waals surface area contributed by atoms with E-state index in [1.807, 2.05) is 4.90 Å². The molecule has 3 N–H and O–H groups in total. The summed E-state index contributed by atoms with van der Waals surface area (Å²) in [5, 5.41) is 12.6. The molecule has 1 amide bonds. The van der Waals surface area contributed by atoms with Crippen LogP contribution in [0.15, 0.2) is 24.5 Å². The van der Waals surface area contributed by atoms with Crippen LogP contribution in [-0.4, -0.2) is 86.3 Å². The number of ether oxygens (including phenoxy) is 3. The summed E-state index contributed by atoms with van der Waals surface area (Å²) >= 11 is 0. The Kier molecular flexibility index (Phi) is 7.17. The molecule has 5 rings (SSSR count). The van der Waals surface area contributed by atoms with Gasteiger partial charge in [0.15, 0.2) is 18.1 Å². The molecule has 2 aliphatic rings. The van der Waals surface area contributed by atoms with Crippen molar-refractivity contribution >= 4 is 23.5 Å². The van der Waals surface area contributed by atoms with Gasteiger partial charge in [0.25, 0.3) is 0 Å². The van der Waals surface area contributed by atoms with Crippen LogP contribution in [0.2, 0.25) is 0 Å². The average Bonchev–Trinajstić information content (AvgIpc) is 3.51. The van der Waals surface area contributed by atoms with Crippen LogP contribution in [0.25, 0.3) is 5.65 Å². The third-order valence-corrected chi connectivity index (χ3v) is 5.93. The van der Waals surface area contributed by atoms with Crippen LogP contribution in [0, 0.1) is 0 Å². The van der Waals surface area contributed by atoms with Crippen LogP contribution in [0.5, 0.6) is 0 Å². The van der Waals surface area contributed by atoms with Crippen LogP contribution >= 0.6 is 0 Å². The van der Waals surface area contributed by atoms with Crippen molar-refractivity contribution in [3.8, 4) is 0 Å². The number of likely N-dealkylation sites (tertiary alicyclic amines) is 1. The summed E-state index contributed by atoms with van der Waals surface area (Å²) in [5.41, 5.74) is 1.75. The van der Waals surface area contributed by atoms with Gasteiger partial charge in [-0.1, -0.05) is 0 Å². The number of nitrogens with one attached hydrogen (secondary N) is 3. The minimum atomic E-state index is -2.77. The predicted molar refractivity (Wildman–Crippen MR) is 123 cm³/mol. The highest BCUT2D eigenvalue weighted by Gasteiger charge is 2.42. The summed E-state index contributed by atoms with van der Waals surface area (Å²) in [6.45, 7) is 1.99. The maximum Gasteiger partial charge on any atom is 0.407 e. The van der Waals surface area contributed by atoms with Crippen molar-refractivity contribution in [2.45, 2.75) is 57.5 Å². The summed E-state index contributed by atoms with van der Waals surface area (Å²) in [5.74, 6) is 0.797. The van der Waals surface area contributed by atoms with Gasteiger partial charge in [-0.05, 0) is 19.9 Å². The van der Waals surface area contributed by atoms with Gasteiger partial charge in [0.2, 0.25) is 5.95 Å². The molecule has 3 aromatic rings. The van der Waals surface area contributed by atoms with Gasteiger partial charge >= 0.3 is 12.7 Å². The highest BCUT2D eigenvalue weighted by molar-refractivity contribution is 5.67. The van der Waals surface area contributed by atoms with Crippen LogP contribution < -0.4 is 10.6 Å². The number of hydrogen-bond acceptors (Lipinski definition) is 9. The molecular weight excluding hydrogens is 497 g/mol. The average molecular weight is 525 g/mol. The van der Waals surface area contributed by atoms with Crippen LogP contribution in [-0.2, 0) is 20.8 Å². The largest absolute Gasteiger partial charge is 0.441 e. The first-order valence-corrected chi connectivity index (χ1v) is 11.8. The minimum Gasteiger partial charge on any atom is -0.441 e. The molecule has 0 spiro atoms. The van der Waals surface area contributed by atoms with Crippen LogP contribution in [0.1, 0.15) is 31.3 Å². The number of halogens is 3. The third kappa shape index (κ3) is 5.78. The fraction of sp³-hybridized carbons (Fsp3) is 0.545.